The van der Waals surface area contributed by atoms with Crippen molar-refractivity contribution in [2.45, 2.75) is 19.0 Å². The van der Waals surface area contributed by atoms with E-state index in [1.54, 1.807) is 20.3 Å². The van der Waals surface area contributed by atoms with Crippen LogP contribution in [-0.4, -0.2) is 33.5 Å². The van der Waals surface area contributed by atoms with E-state index in [9.17, 15) is 13.2 Å². The minimum atomic E-state index is -4.15. The molecule has 0 bridgehead atoms. The second-order valence-corrected chi connectivity index (χ2v) is 4.12. The third-order valence-corrected chi connectivity index (χ3v) is 2.56. The molecule has 0 atom stereocenters. The van der Waals surface area contributed by atoms with E-state index in [0.29, 0.717) is 30.9 Å². The molecule has 0 aliphatic carbocycles. The Hall–Kier alpha value is -1.43. The van der Waals surface area contributed by atoms with Crippen LogP contribution in [-0.2, 0) is 6.42 Å². The van der Waals surface area contributed by atoms with Gasteiger partial charge in [0.15, 0.2) is 0 Å². The Balaban J connectivity index is 2.40. The van der Waals surface area contributed by atoms with Crippen LogP contribution in [0, 0.1) is 0 Å². The van der Waals surface area contributed by atoms with Crippen LogP contribution in [0.25, 0.3) is 0 Å². The lowest BCUT2D eigenvalue weighted by atomic mass is 10.1. The molecule has 0 amide bonds. The lowest BCUT2D eigenvalue weighted by molar-refractivity contribution is -0.124. The fourth-order valence-corrected chi connectivity index (χ4v) is 1.66. The minimum Gasteiger partial charge on any atom is -0.497 e. The molecule has 108 valence electrons. The van der Waals surface area contributed by atoms with Crippen molar-refractivity contribution in [3.05, 3.63) is 23.8 Å². The molecule has 0 aliphatic heterocycles. The molecule has 6 heteroatoms. The summed E-state index contributed by atoms with van der Waals surface area (Å²) in [5.74, 6) is 1.36. The predicted molar refractivity (Wildman–Crippen MR) is 66.8 cm³/mol. The fraction of sp³-hybridized carbons (Fsp3) is 0.538. The average molecular weight is 277 g/mol. The minimum absolute atomic E-state index is 0.318. The molecule has 0 aliphatic rings. The summed E-state index contributed by atoms with van der Waals surface area (Å²) in [7, 11) is 3.12. The standard InChI is InChI=1S/C13H18F3NO2/c1-18-11-6-10(7-12(8-11)19-2)4-3-5-17-9-13(14,15)16/h6-8,17H,3-5,9H2,1-2H3. The summed E-state index contributed by atoms with van der Waals surface area (Å²) in [5.41, 5.74) is 0.977. The fourth-order valence-electron chi connectivity index (χ4n) is 1.66. The average Bonchev–Trinajstić information content (AvgIpc) is 2.36. The van der Waals surface area contributed by atoms with E-state index in [0.717, 1.165) is 5.56 Å². The molecule has 1 rings (SSSR count). The van der Waals surface area contributed by atoms with Crippen molar-refractivity contribution in [2.24, 2.45) is 0 Å². The summed E-state index contributed by atoms with van der Waals surface area (Å²) in [6.45, 7) is -0.631. The number of benzene rings is 1. The van der Waals surface area contributed by atoms with E-state index in [4.69, 9.17) is 9.47 Å². The van der Waals surface area contributed by atoms with Crippen LogP contribution >= 0.6 is 0 Å². The SMILES string of the molecule is COc1cc(CCCNCC(F)(F)F)cc(OC)c1. The van der Waals surface area contributed by atoms with Gasteiger partial charge in [-0.05, 0) is 37.1 Å². The summed E-state index contributed by atoms with van der Waals surface area (Å²) in [6, 6.07) is 5.46. The summed E-state index contributed by atoms with van der Waals surface area (Å²) in [4.78, 5) is 0. The van der Waals surface area contributed by atoms with E-state index in [-0.39, 0.29) is 0 Å². The number of alkyl halides is 3. The molecular weight excluding hydrogens is 259 g/mol. The zero-order valence-corrected chi connectivity index (χ0v) is 11.0. The summed E-state index contributed by atoms with van der Waals surface area (Å²) < 4.78 is 46.0. The Morgan fingerprint density at radius 3 is 2.11 bits per heavy atom. The maximum Gasteiger partial charge on any atom is 0.401 e. The monoisotopic (exact) mass is 277 g/mol. The van der Waals surface area contributed by atoms with Gasteiger partial charge in [0, 0.05) is 6.07 Å². The summed E-state index contributed by atoms with van der Waals surface area (Å²) in [6.07, 6.45) is -2.87. The molecule has 0 spiro atoms. The zero-order valence-electron chi connectivity index (χ0n) is 11.0. The predicted octanol–water partition coefficient (Wildman–Crippen LogP) is 2.79. The number of aryl methyl sites for hydroxylation is 1. The van der Waals surface area contributed by atoms with Crippen LogP contribution in [0.3, 0.4) is 0 Å². The molecule has 1 aromatic carbocycles. The van der Waals surface area contributed by atoms with E-state index in [1.165, 1.54) is 0 Å². The lowest BCUT2D eigenvalue weighted by Crippen LogP contribution is -2.29. The van der Waals surface area contributed by atoms with Gasteiger partial charge in [-0.1, -0.05) is 0 Å². The molecular formula is C13H18F3NO2. The first-order valence-electron chi connectivity index (χ1n) is 5.94. The van der Waals surface area contributed by atoms with Gasteiger partial charge in [-0.2, -0.15) is 13.2 Å². The van der Waals surface area contributed by atoms with Crippen molar-refractivity contribution in [3.63, 3.8) is 0 Å². The van der Waals surface area contributed by atoms with E-state index in [2.05, 4.69) is 5.32 Å². The highest BCUT2D eigenvalue weighted by Crippen LogP contribution is 2.23. The molecule has 0 radical (unpaired) electrons. The number of methoxy groups -OCH3 is 2. The zero-order chi connectivity index (χ0) is 14.3. The quantitative estimate of drug-likeness (QED) is 0.777. The number of nitrogens with one attached hydrogen (secondary N) is 1. The first-order chi connectivity index (χ1) is 8.94. The molecule has 0 heterocycles. The van der Waals surface area contributed by atoms with Gasteiger partial charge in [0.25, 0.3) is 0 Å². The van der Waals surface area contributed by atoms with Gasteiger partial charge in [0.1, 0.15) is 11.5 Å². The van der Waals surface area contributed by atoms with E-state index in [1.807, 2.05) is 12.1 Å². The van der Waals surface area contributed by atoms with Gasteiger partial charge in [-0.25, -0.2) is 0 Å². The van der Waals surface area contributed by atoms with Crippen molar-refractivity contribution in [2.75, 3.05) is 27.3 Å². The molecule has 0 saturated heterocycles. The van der Waals surface area contributed by atoms with Crippen LogP contribution in [0.4, 0.5) is 13.2 Å². The molecule has 1 N–H and O–H groups in total. The Labute approximate surface area is 110 Å². The summed E-state index contributed by atoms with van der Waals surface area (Å²) >= 11 is 0. The molecule has 3 nitrogen and oxygen atoms in total. The van der Waals surface area contributed by atoms with Gasteiger partial charge < -0.3 is 14.8 Å². The van der Waals surface area contributed by atoms with Crippen LogP contribution in [0.15, 0.2) is 18.2 Å². The Kier molecular flexibility index (Phi) is 5.95. The third-order valence-electron chi connectivity index (χ3n) is 2.56. The highest BCUT2D eigenvalue weighted by atomic mass is 19.4. The van der Waals surface area contributed by atoms with Crippen molar-refractivity contribution in [1.29, 1.82) is 0 Å². The maximum absolute atomic E-state index is 11.9. The van der Waals surface area contributed by atoms with E-state index >= 15 is 0 Å². The highest BCUT2D eigenvalue weighted by molar-refractivity contribution is 5.38. The number of hydrogen-bond acceptors (Lipinski definition) is 3. The normalized spacial score (nSPS) is 11.4. The number of rotatable bonds is 7. The van der Waals surface area contributed by atoms with Crippen molar-refractivity contribution >= 4 is 0 Å². The molecule has 0 saturated carbocycles. The highest BCUT2D eigenvalue weighted by Gasteiger charge is 2.25. The smallest absolute Gasteiger partial charge is 0.401 e. The topological polar surface area (TPSA) is 30.5 Å². The van der Waals surface area contributed by atoms with Crippen LogP contribution in [0.1, 0.15) is 12.0 Å². The second-order valence-electron chi connectivity index (χ2n) is 4.12. The number of ether oxygens (including phenoxy) is 2. The molecule has 0 aromatic heterocycles. The van der Waals surface area contributed by atoms with Crippen LogP contribution < -0.4 is 14.8 Å². The van der Waals surface area contributed by atoms with Crippen molar-refractivity contribution in [1.82, 2.24) is 5.32 Å². The van der Waals surface area contributed by atoms with Crippen LogP contribution in [0.5, 0.6) is 11.5 Å². The summed E-state index contributed by atoms with van der Waals surface area (Å²) in [5, 5.41) is 2.37. The number of halogens is 3. The third kappa shape index (κ3) is 6.33. The van der Waals surface area contributed by atoms with Gasteiger partial charge >= 0.3 is 6.18 Å². The lowest BCUT2D eigenvalue weighted by Gasteiger charge is -2.10. The van der Waals surface area contributed by atoms with Crippen molar-refractivity contribution < 1.29 is 22.6 Å². The van der Waals surface area contributed by atoms with Crippen LogP contribution in [0.2, 0.25) is 0 Å². The maximum atomic E-state index is 11.9. The van der Waals surface area contributed by atoms with Gasteiger partial charge in [-0.3, -0.25) is 0 Å². The van der Waals surface area contributed by atoms with Gasteiger partial charge in [0.05, 0.1) is 20.8 Å². The molecule has 0 unspecified atom stereocenters. The molecule has 19 heavy (non-hydrogen) atoms. The second kappa shape index (κ2) is 7.23. The Morgan fingerprint density at radius 2 is 1.63 bits per heavy atom. The first-order valence-corrected chi connectivity index (χ1v) is 5.94. The van der Waals surface area contributed by atoms with E-state index < -0.39 is 12.7 Å². The number of hydrogen-bond donors (Lipinski definition) is 1. The largest absolute Gasteiger partial charge is 0.497 e. The van der Waals surface area contributed by atoms with Crippen molar-refractivity contribution in [3.8, 4) is 11.5 Å². The first kappa shape index (κ1) is 15.6. The molecule has 0 fully saturated rings. The molecule has 1 aromatic rings. The Morgan fingerprint density at radius 1 is 1.05 bits per heavy atom. The van der Waals surface area contributed by atoms with Gasteiger partial charge in [-0.15, -0.1) is 0 Å². The Bertz CT molecular complexity index is 372. The van der Waals surface area contributed by atoms with Gasteiger partial charge in [0.2, 0.25) is 0 Å².